The molecule has 1 atom stereocenters. The lowest BCUT2D eigenvalue weighted by Crippen LogP contribution is -2.30. The van der Waals surface area contributed by atoms with Crippen molar-refractivity contribution in [3.8, 4) is 5.75 Å². The van der Waals surface area contributed by atoms with E-state index in [1.54, 1.807) is 19.1 Å². The van der Waals surface area contributed by atoms with Crippen molar-refractivity contribution < 1.29 is 13.9 Å². The minimum atomic E-state index is -0.696. The van der Waals surface area contributed by atoms with Gasteiger partial charge in [0.2, 0.25) is 0 Å². The standard InChI is InChI=1S/C20H19NO4/c1-3-14-11-19(22)25-18-12-16(9-10-17(14)18)24-13(2)20(23)21-15-7-5-4-6-8-15/h4-13H,3H2,1-2H3,(H,21,23)/t13-/m0/s1. The normalized spacial score (nSPS) is 11.9. The maximum Gasteiger partial charge on any atom is 0.336 e. The van der Waals surface area contributed by atoms with Crippen LogP contribution in [0.15, 0.2) is 63.8 Å². The summed E-state index contributed by atoms with van der Waals surface area (Å²) >= 11 is 0. The van der Waals surface area contributed by atoms with Crippen molar-refractivity contribution in [3.05, 3.63) is 70.6 Å². The number of aryl methyl sites for hydroxylation is 1. The van der Waals surface area contributed by atoms with Crippen LogP contribution in [0.25, 0.3) is 11.0 Å². The molecule has 0 fully saturated rings. The molecule has 1 amide bonds. The smallest absolute Gasteiger partial charge is 0.336 e. The fourth-order valence-corrected chi connectivity index (χ4v) is 2.60. The quantitative estimate of drug-likeness (QED) is 0.720. The Morgan fingerprint density at radius 3 is 2.64 bits per heavy atom. The molecule has 0 aliphatic carbocycles. The fraction of sp³-hybridized carbons (Fsp3) is 0.200. The molecule has 1 N–H and O–H groups in total. The number of rotatable bonds is 5. The van der Waals surface area contributed by atoms with Crippen LogP contribution in [0, 0.1) is 0 Å². The number of carbonyl (C=O) groups is 1. The minimum Gasteiger partial charge on any atom is -0.481 e. The molecule has 0 saturated carbocycles. The summed E-state index contributed by atoms with van der Waals surface area (Å²) in [6.45, 7) is 3.65. The van der Waals surface area contributed by atoms with Crippen LogP contribution < -0.4 is 15.7 Å². The maximum absolute atomic E-state index is 12.2. The summed E-state index contributed by atoms with van der Waals surface area (Å²) in [6.07, 6.45) is 0.0387. The van der Waals surface area contributed by atoms with Crippen molar-refractivity contribution >= 4 is 22.6 Å². The molecular weight excluding hydrogens is 318 g/mol. The zero-order chi connectivity index (χ0) is 17.8. The van der Waals surface area contributed by atoms with E-state index in [-0.39, 0.29) is 5.91 Å². The van der Waals surface area contributed by atoms with Crippen molar-refractivity contribution in [3.63, 3.8) is 0 Å². The van der Waals surface area contributed by atoms with Crippen molar-refractivity contribution in [2.24, 2.45) is 0 Å². The van der Waals surface area contributed by atoms with Crippen LogP contribution in [0.5, 0.6) is 5.75 Å². The Balaban J connectivity index is 1.78. The first-order valence-electron chi connectivity index (χ1n) is 8.16. The first-order chi connectivity index (χ1) is 12.1. The second-order valence-corrected chi connectivity index (χ2v) is 5.72. The van der Waals surface area contributed by atoms with E-state index >= 15 is 0 Å². The van der Waals surface area contributed by atoms with Gasteiger partial charge in [-0.05, 0) is 43.2 Å². The Hall–Kier alpha value is -3.08. The monoisotopic (exact) mass is 337 g/mol. The van der Waals surface area contributed by atoms with Gasteiger partial charge in [-0.3, -0.25) is 4.79 Å². The summed E-state index contributed by atoms with van der Waals surface area (Å²) < 4.78 is 10.9. The summed E-state index contributed by atoms with van der Waals surface area (Å²) in [5.74, 6) is 0.217. The molecule has 3 rings (SSSR count). The Labute approximate surface area is 145 Å². The summed E-state index contributed by atoms with van der Waals surface area (Å²) in [6, 6.07) is 15.9. The van der Waals surface area contributed by atoms with Gasteiger partial charge in [0.1, 0.15) is 11.3 Å². The molecule has 1 heterocycles. The first kappa shape index (κ1) is 16.8. The molecule has 0 bridgehead atoms. The van der Waals surface area contributed by atoms with E-state index < -0.39 is 11.7 Å². The molecule has 0 aliphatic heterocycles. The van der Waals surface area contributed by atoms with Crippen molar-refractivity contribution in [1.82, 2.24) is 0 Å². The van der Waals surface area contributed by atoms with Gasteiger partial charge < -0.3 is 14.5 Å². The van der Waals surface area contributed by atoms with E-state index in [1.807, 2.05) is 43.3 Å². The zero-order valence-electron chi connectivity index (χ0n) is 14.1. The van der Waals surface area contributed by atoms with Gasteiger partial charge in [0, 0.05) is 23.2 Å². The summed E-state index contributed by atoms with van der Waals surface area (Å²) in [5.41, 5.74) is 1.70. The number of para-hydroxylation sites is 1. The highest BCUT2D eigenvalue weighted by Gasteiger charge is 2.15. The molecule has 2 aromatic carbocycles. The number of hydrogen-bond donors (Lipinski definition) is 1. The van der Waals surface area contributed by atoms with Gasteiger partial charge in [0.15, 0.2) is 6.10 Å². The van der Waals surface area contributed by atoms with Crippen LogP contribution in [0.3, 0.4) is 0 Å². The van der Waals surface area contributed by atoms with Crippen LogP contribution in [0.1, 0.15) is 19.4 Å². The van der Waals surface area contributed by atoms with E-state index in [1.165, 1.54) is 6.07 Å². The topological polar surface area (TPSA) is 68.5 Å². The number of nitrogens with one attached hydrogen (secondary N) is 1. The molecule has 5 nitrogen and oxygen atoms in total. The van der Waals surface area contributed by atoms with E-state index in [9.17, 15) is 9.59 Å². The number of fused-ring (bicyclic) bond motifs is 1. The lowest BCUT2D eigenvalue weighted by molar-refractivity contribution is -0.122. The fourth-order valence-electron chi connectivity index (χ4n) is 2.60. The van der Waals surface area contributed by atoms with Crippen LogP contribution in [-0.4, -0.2) is 12.0 Å². The number of benzene rings is 2. The van der Waals surface area contributed by atoms with E-state index in [0.717, 1.165) is 17.4 Å². The second-order valence-electron chi connectivity index (χ2n) is 5.72. The molecule has 25 heavy (non-hydrogen) atoms. The van der Waals surface area contributed by atoms with Crippen molar-refractivity contribution in [2.75, 3.05) is 5.32 Å². The highest BCUT2D eigenvalue weighted by Crippen LogP contribution is 2.24. The number of carbonyl (C=O) groups excluding carboxylic acids is 1. The SMILES string of the molecule is CCc1cc(=O)oc2cc(O[C@@H](C)C(=O)Nc3ccccc3)ccc12. The zero-order valence-corrected chi connectivity index (χ0v) is 14.1. The molecule has 128 valence electrons. The molecule has 5 heteroatoms. The van der Waals surface area contributed by atoms with Gasteiger partial charge >= 0.3 is 5.63 Å². The molecule has 0 radical (unpaired) electrons. The van der Waals surface area contributed by atoms with Gasteiger partial charge in [0.25, 0.3) is 5.91 Å². The molecule has 0 aliphatic rings. The lowest BCUT2D eigenvalue weighted by Gasteiger charge is -2.15. The largest absolute Gasteiger partial charge is 0.481 e. The average Bonchev–Trinajstić information content (AvgIpc) is 2.61. The highest BCUT2D eigenvalue weighted by molar-refractivity contribution is 5.94. The van der Waals surface area contributed by atoms with Gasteiger partial charge in [-0.1, -0.05) is 25.1 Å². The summed E-state index contributed by atoms with van der Waals surface area (Å²) in [7, 11) is 0. The van der Waals surface area contributed by atoms with E-state index in [2.05, 4.69) is 5.32 Å². The van der Waals surface area contributed by atoms with E-state index in [4.69, 9.17) is 9.15 Å². The lowest BCUT2D eigenvalue weighted by atomic mass is 10.1. The molecule has 0 unspecified atom stereocenters. The van der Waals surface area contributed by atoms with Crippen molar-refractivity contribution in [1.29, 1.82) is 0 Å². The number of amides is 1. The van der Waals surface area contributed by atoms with Crippen LogP contribution in [-0.2, 0) is 11.2 Å². The third kappa shape index (κ3) is 3.88. The van der Waals surface area contributed by atoms with Gasteiger partial charge in [-0.2, -0.15) is 0 Å². The highest BCUT2D eigenvalue weighted by atomic mass is 16.5. The van der Waals surface area contributed by atoms with Crippen LogP contribution >= 0.6 is 0 Å². The Bertz CT molecular complexity index is 947. The number of anilines is 1. The van der Waals surface area contributed by atoms with Gasteiger partial charge in [0.05, 0.1) is 0 Å². The third-order valence-corrected chi connectivity index (χ3v) is 3.91. The van der Waals surface area contributed by atoms with Gasteiger partial charge in [-0.15, -0.1) is 0 Å². The minimum absolute atomic E-state index is 0.255. The molecule has 0 spiro atoms. The molecule has 1 aromatic heterocycles. The van der Waals surface area contributed by atoms with Gasteiger partial charge in [-0.25, -0.2) is 4.79 Å². The summed E-state index contributed by atoms with van der Waals surface area (Å²) in [4.78, 5) is 23.9. The predicted octanol–water partition coefficient (Wildman–Crippen LogP) is 3.76. The van der Waals surface area contributed by atoms with Crippen molar-refractivity contribution in [2.45, 2.75) is 26.4 Å². The van der Waals surface area contributed by atoms with E-state index in [0.29, 0.717) is 17.0 Å². The summed E-state index contributed by atoms with van der Waals surface area (Å²) in [5, 5.41) is 3.66. The molecule has 0 saturated heterocycles. The Kier molecular flexibility index (Phi) is 4.84. The Morgan fingerprint density at radius 1 is 1.16 bits per heavy atom. The second kappa shape index (κ2) is 7.21. The molecule has 3 aromatic rings. The maximum atomic E-state index is 12.2. The van der Waals surface area contributed by atoms with Crippen LogP contribution in [0.2, 0.25) is 0 Å². The first-order valence-corrected chi connectivity index (χ1v) is 8.16. The van der Waals surface area contributed by atoms with Crippen LogP contribution in [0.4, 0.5) is 5.69 Å². The third-order valence-electron chi connectivity index (χ3n) is 3.91. The molecular formula is C20H19NO4. The Morgan fingerprint density at radius 2 is 1.92 bits per heavy atom. The average molecular weight is 337 g/mol. The predicted molar refractivity (Wildman–Crippen MR) is 97.0 cm³/mol. The number of hydrogen-bond acceptors (Lipinski definition) is 4. The number of ether oxygens (including phenoxy) is 1.